The molecular formula is C27H24O2. The number of ketones is 2. The molecule has 0 atom stereocenters. The van der Waals surface area contributed by atoms with Crippen molar-refractivity contribution in [1.29, 1.82) is 0 Å². The minimum absolute atomic E-state index is 0.104. The van der Waals surface area contributed by atoms with Crippen LogP contribution in [0, 0.1) is 0 Å². The number of carbonyl (C=O) groups excluding carboxylic acids is 2. The monoisotopic (exact) mass is 380 g/mol. The number of hydrogen-bond donors (Lipinski definition) is 0. The molecule has 0 spiro atoms. The standard InChI is InChI=1S/C27H24O2/c1-18(28)26-22(16-14-20-8-3-5-12-24(20)26)10-7-11-23-17-15-21-9-4-6-13-25(21)27(23)19(2)29/h3-6,8-9,12-17H,7,10-11H2,1-2H3. The van der Waals surface area contributed by atoms with Gasteiger partial charge in [-0.15, -0.1) is 0 Å². The van der Waals surface area contributed by atoms with Crippen LogP contribution in [0.4, 0.5) is 0 Å². The minimum Gasteiger partial charge on any atom is -0.294 e. The van der Waals surface area contributed by atoms with Crippen molar-refractivity contribution in [2.24, 2.45) is 0 Å². The molecule has 0 aliphatic rings. The zero-order valence-corrected chi connectivity index (χ0v) is 16.9. The Morgan fingerprint density at radius 3 is 1.41 bits per heavy atom. The van der Waals surface area contributed by atoms with E-state index in [4.69, 9.17) is 0 Å². The first kappa shape index (κ1) is 19.1. The molecule has 0 bridgehead atoms. The van der Waals surface area contributed by atoms with Gasteiger partial charge >= 0.3 is 0 Å². The average molecular weight is 380 g/mol. The number of hydrogen-bond acceptors (Lipinski definition) is 2. The molecule has 0 radical (unpaired) electrons. The maximum Gasteiger partial charge on any atom is 0.160 e. The molecule has 0 aliphatic carbocycles. The van der Waals surface area contributed by atoms with Crippen LogP contribution < -0.4 is 0 Å². The van der Waals surface area contributed by atoms with Crippen LogP contribution in [-0.4, -0.2) is 11.6 Å². The summed E-state index contributed by atoms with van der Waals surface area (Å²) in [4.78, 5) is 24.7. The van der Waals surface area contributed by atoms with E-state index in [2.05, 4.69) is 24.3 Å². The van der Waals surface area contributed by atoms with Gasteiger partial charge in [0.25, 0.3) is 0 Å². The minimum atomic E-state index is 0.104. The van der Waals surface area contributed by atoms with E-state index in [1.807, 2.05) is 48.5 Å². The smallest absolute Gasteiger partial charge is 0.160 e. The Hall–Kier alpha value is -3.26. The van der Waals surface area contributed by atoms with Crippen LogP contribution in [-0.2, 0) is 12.8 Å². The van der Waals surface area contributed by atoms with Crippen molar-refractivity contribution in [2.75, 3.05) is 0 Å². The SMILES string of the molecule is CC(=O)c1c(CCCc2ccc3ccccc3c2C(C)=O)ccc2ccccc12. The Labute approximate surface area is 171 Å². The van der Waals surface area contributed by atoms with Gasteiger partial charge in [-0.25, -0.2) is 0 Å². The third kappa shape index (κ3) is 3.71. The maximum atomic E-state index is 12.4. The largest absolute Gasteiger partial charge is 0.294 e. The van der Waals surface area contributed by atoms with Crippen LogP contribution in [0.25, 0.3) is 21.5 Å². The lowest BCUT2D eigenvalue weighted by Crippen LogP contribution is -2.04. The van der Waals surface area contributed by atoms with Gasteiger partial charge in [0.1, 0.15) is 0 Å². The van der Waals surface area contributed by atoms with E-state index in [0.717, 1.165) is 63.1 Å². The van der Waals surface area contributed by atoms with Crippen LogP contribution in [0.15, 0.2) is 72.8 Å². The second kappa shape index (κ2) is 8.00. The molecule has 144 valence electrons. The predicted molar refractivity (Wildman–Crippen MR) is 120 cm³/mol. The molecule has 0 saturated carbocycles. The summed E-state index contributed by atoms with van der Waals surface area (Å²) in [5, 5.41) is 4.23. The molecule has 0 fully saturated rings. The zero-order valence-electron chi connectivity index (χ0n) is 16.9. The summed E-state index contributed by atoms with van der Waals surface area (Å²) in [6.07, 6.45) is 2.51. The van der Waals surface area contributed by atoms with E-state index in [-0.39, 0.29) is 11.6 Å². The number of rotatable bonds is 6. The second-order valence-corrected chi connectivity index (χ2v) is 7.61. The van der Waals surface area contributed by atoms with Crippen LogP contribution >= 0.6 is 0 Å². The first-order chi connectivity index (χ1) is 14.1. The van der Waals surface area contributed by atoms with Crippen LogP contribution in [0.3, 0.4) is 0 Å². The molecule has 0 unspecified atom stereocenters. The van der Waals surface area contributed by atoms with Gasteiger partial charge in [-0.05, 0) is 65.8 Å². The van der Waals surface area contributed by atoms with E-state index >= 15 is 0 Å². The van der Waals surface area contributed by atoms with E-state index in [0.29, 0.717) is 0 Å². The van der Waals surface area contributed by atoms with Gasteiger partial charge in [0.15, 0.2) is 11.6 Å². The first-order valence-electron chi connectivity index (χ1n) is 10.1. The summed E-state index contributed by atoms with van der Waals surface area (Å²) in [5.41, 5.74) is 3.82. The van der Waals surface area contributed by atoms with Gasteiger partial charge in [-0.2, -0.15) is 0 Å². The molecule has 0 N–H and O–H groups in total. The van der Waals surface area contributed by atoms with E-state index < -0.39 is 0 Å². The molecule has 2 heteroatoms. The van der Waals surface area contributed by atoms with Gasteiger partial charge in [0, 0.05) is 11.1 Å². The third-order valence-electron chi connectivity index (χ3n) is 5.63. The molecule has 29 heavy (non-hydrogen) atoms. The number of fused-ring (bicyclic) bond motifs is 2. The fraction of sp³-hybridized carbons (Fsp3) is 0.185. The Kier molecular flexibility index (Phi) is 5.26. The highest BCUT2D eigenvalue weighted by Crippen LogP contribution is 2.27. The van der Waals surface area contributed by atoms with E-state index in [1.165, 1.54) is 0 Å². The van der Waals surface area contributed by atoms with Gasteiger partial charge in [-0.3, -0.25) is 9.59 Å². The Morgan fingerprint density at radius 1 is 0.586 bits per heavy atom. The molecule has 0 aliphatic heterocycles. The lowest BCUT2D eigenvalue weighted by atomic mass is 9.90. The molecular weight excluding hydrogens is 356 g/mol. The predicted octanol–water partition coefficient (Wildman–Crippen LogP) is 6.57. The number of carbonyl (C=O) groups is 2. The Bertz CT molecular complexity index is 1140. The van der Waals surface area contributed by atoms with Crippen molar-refractivity contribution >= 4 is 33.1 Å². The summed E-state index contributed by atoms with van der Waals surface area (Å²) in [5.74, 6) is 0.207. The van der Waals surface area contributed by atoms with Crippen molar-refractivity contribution in [3.8, 4) is 0 Å². The third-order valence-corrected chi connectivity index (χ3v) is 5.63. The van der Waals surface area contributed by atoms with Crippen molar-refractivity contribution < 1.29 is 9.59 Å². The fourth-order valence-corrected chi connectivity index (χ4v) is 4.35. The molecule has 0 heterocycles. The number of benzene rings is 4. The summed E-state index contributed by atoms with van der Waals surface area (Å²) in [6.45, 7) is 3.28. The van der Waals surface area contributed by atoms with Gasteiger partial charge in [0.2, 0.25) is 0 Å². The molecule has 0 saturated heterocycles. The van der Waals surface area contributed by atoms with Crippen LogP contribution in [0.2, 0.25) is 0 Å². The van der Waals surface area contributed by atoms with Gasteiger partial charge < -0.3 is 0 Å². The normalized spacial score (nSPS) is 11.1. The van der Waals surface area contributed by atoms with Gasteiger partial charge in [0.05, 0.1) is 0 Å². The second-order valence-electron chi connectivity index (χ2n) is 7.61. The molecule has 4 aromatic rings. The lowest BCUT2D eigenvalue weighted by Gasteiger charge is -2.13. The molecule has 4 aromatic carbocycles. The average Bonchev–Trinajstić information content (AvgIpc) is 2.72. The van der Waals surface area contributed by atoms with Crippen LogP contribution in [0.5, 0.6) is 0 Å². The first-order valence-corrected chi connectivity index (χ1v) is 10.1. The van der Waals surface area contributed by atoms with Crippen molar-refractivity contribution in [2.45, 2.75) is 33.1 Å². The van der Waals surface area contributed by atoms with E-state index in [9.17, 15) is 9.59 Å². The Balaban J connectivity index is 1.63. The zero-order chi connectivity index (χ0) is 20.4. The summed E-state index contributed by atoms with van der Waals surface area (Å²) in [6, 6.07) is 24.4. The molecule has 2 nitrogen and oxygen atoms in total. The highest BCUT2D eigenvalue weighted by molar-refractivity contribution is 6.09. The van der Waals surface area contributed by atoms with E-state index in [1.54, 1.807) is 13.8 Å². The number of Topliss-reactive ketones (excluding diaryl/α,β-unsaturated/α-hetero) is 2. The van der Waals surface area contributed by atoms with Crippen molar-refractivity contribution in [3.63, 3.8) is 0 Å². The highest BCUT2D eigenvalue weighted by atomic mass is 16.1. The molecule has 0 aromatic heterocycles. The summed E-state index contributed by atoms with van der Waals surface area (Å²) in [7, 11) is 0. The van der Waals surface area contributed by atoms with Gasteiger partial charge in [-0.1, -0.05) is 72.8 Å². The maximum absolute atomic E-state index is 12.4. The molecule has 4 rings (SSSR count). The van der Waals surface area contributed by atoms with Crippen molar-refractivity contribution in [1.82, 2.24) is 0 Å². The Morgan fingerprint density at radius 2 is 1.00 bits per heavy atom. The van der Waals surface area contributed by atoms with Crippen molar-refractivity contribution in [3.05, 3.63) is 95.1 Å². The number of aryl methyl sites for hydroxylation is 2. The quantitative estimate of drug-likeness (QED) is 0.354. The highest BCUT2D eigenvalue weighted by Gasteiger charge is 2.14. The lowest BCUT2D eigenvalue weighted by molar-refractivity contribution is 0.101. The summed E-state index contributed by atoms with van der Waals surface area (Å²) >= 11 is 0. The molecule has 0 amide bonds. The van der Waals surface area contributed by atoms with Crippen LogP contribution in [0.1, 0.15) is 52.1 Å². The summed E-state index contributed by atoms with van der Waals surface area (Å²) < 4.78 is 0. The topological polar surface area (TPSA) is 34.1 Å². The fourth-order valence-electron chi connectivity index (χ4n) is 4.35.